The van der Waals surface area contributed by atoms with Crippen LogP contribution in [0.4, 0.5) is 0 Å². The van der Waals surface area contributed by atoms with Gasteiger partial charge in [0.1, 0.15) is 0 Å². The predicted octanol–water partition coefficient (Wildman–Crippen LogP) is 2.67. The number of carbonyl (C=O) groups is 1. The van der Waals surface area contributed by atoms with Crippen molar-refractivity contribution in [1.29, 1.82) is 0 Å². The summed E-state index contributed by atoms with van der Waals surface area (Å²) in [5, 5.41) is 13.0. The Morgan fingerprint density at radius 3 is 2.20 bits per heavy atom. The smallest absolute Gasteiger partial charge is 0.226 e. The minimum Gasteiger partial charge on any atom is -0.388 e. The summed E-state index contributed by atoms with van der Waals surface area (Å²) in [7, 11) is 0. The highest BCUT2D eigenvalue weighted by Gasteiger charge is 2.22. The first-order valence-electron chi connectivity index (χ1n) is 6.73. The average molecular weight is 269 g/mol. The minimum absolute atomic E-state index is 0.148. The van der Waals surface area contributed by atoms with Crippen LogP contribution in [0.25, 0.3) is 0 Å². The first-order chi connectivity index (χ1) is 9.68. The molecule has 0 aromatic heterocycles. The highest BCUT2D eigenvalue weighted by Crippen LogP contribution is 2.21. The zero-order chi connectivity index (χ0) is 14.4. The van der Waals surface area contributed by atoms with Crippen LogP contribution in [-0.4, -0.2) is 11.0 Å². The van der Waals surface area contributed by atoms with Crippen LogP contribution in [0.5, 0.6) is 0 Å². The molecular formula is C17H19NO2. The van der Waals surface area contributed by atoms with E-state index in [0.29, 0.717) is 6.54 Å². The van der Waals surface area contributed by atoms with E-state index in [1.807, 2.05) is 60.7 Å². The van der Waals surface area contributed by atoms with E-state index in [9.17, 15) is 9.90 Å². The molecule has 0 spiro atoms. The van der Waals surface area contributed by atoms with Crippen molar-refractivity contribution in [3.05, 3.63) is 71.8 Å². The maximum Gasteiger partial charge on any atom is 0.226 e. The third-order valence-electron chi connectivity index (χ3n) is 3.34. The number of rotatable bonds is 5. The van der Waals surface area contributed by atoms with E-state index in [-0.39, 0.29) is 5.91 Å². The van der Waals surface area contributed by atoms with Gasteiger partial charge in [0.05, 0.1) is 12.0 Å². The molecule has 2 atom stereocenters. The monoisotopic (exact) mass is 269 g/mol. The maximum absolute atomic E-state index is 12.1. The standard InChI is InChI=1S/C17H19NO2/c1-13(16(19)15-10-6-3-7-11-15)17(20)18-12-14-8-4-2-5-9-14/h2-11,13,16,19H,12H2,1H3,(H,18,20)/t13-,16+/m1/s1. The molecule has 0 radical (unpaired) electrons. The second-order valence-electron chi connectivity index (χ2n) is 4.85. The van der Waals surface area contributed by atoms with Crippen LogP contribution in [0.3, 0.4) is 0 Å². The molecule has 0 fully saturated rings. The van der Waals surface area contributed by atoms with Gasteiger partial charge in [-0.05, 0) is 11.1 Å². The van der Waals surface area contributed by atoms with Crippen molar-refractivity contribution < 1.29 is 9.90 Å². The van der Waals surface area contributed by atoms with Gasteiger partial charge >= 0.3 is 0 Å². The van der Waals surface area contributed by atoms with Crippen LogP contribution in [0.2, 0.25) is 0 Å². The molecule has 0 aliphatic carbocycles. The number of aliphatic hydroxyl groups excluding tert-OH is 1. The first-order valence-corrected chi connectivity index (χ1v) is 6.73. The summed E-state index contributed by atoms with van der Waals surface area (Å²) < 4.78 is 0. The molecule has 0 bridgehead atoms. The van der Waals surface area contributed by atoms with Crippen molar-refractivity contribution in [2.45, 2.75) is 19.6 Å². The normalized spacial score (nSPS) is 13.5. The van der Waals surface area contributed by atoms with Crippen LogP contribution in [0, 0.1) is 5.92 Å². The Morgan fingerprint density at radius 2 is 1.60 bits per heavy atom. The van der Waals surface area contributed by atoms with Crippen LogP contribution in [0.15, 0.2) is 60.7 Å². The summed E-state index contributed by atoms with van der Waals surface area (Å²) >= 11 is 0. The van der Waals surface area contributed by atoms with E-state index in [0.717, 1.165) is 11.1 Å². The molecule has 0 aliphatic heterocycles. The number of carbonyl (C=O) groups excluding carboxylic acids is 1. The van der Waals surface area contributed by atoms with Crippen LogP contribution in [0.1, 0.15) is 24.2 Å². The average Bonchev–Trinajstić information content (AvgIpc) is 2.53. The third-order valence-corrected chi connectivity index (χ3v) is 3.34. The van der Waals surface area contributed by atoms with E-state index < -0.39 is 12.0 Å². The summed E-state index contributed by atoms with van der Waals surface area (Å²) in [6, 6.07) is 19.0. The zero-order valence-corrected chi connectivity index (χ0v) is 11.5. The summed E-state index contributed by atoms with van der Waals surface area (Å²) in [6.45, 7) is 2.21. The number of hydrogen-bond acceptors (Lipinski definition) is 2. The number of aliphatic hydroxyl groups is 1. The Labute approximate surface area is 119 Å². The minimum atomic E-state index is -0.785. The van der Waals surface area contributed by atoms with Crippen molar-refractivity contribution in [1.82, 2.24) is 5.32 Å². The Bertz CT molecular complexity index is 539. The lowest BCUT2D eigenvalue weighted by molar-refractivity contribution is -0.128. The molecule has 2 aromatic rings. The van der Waals surface area contributed by atoms with Crippen molar-refractivity contribution in [2.75, 3.05) is 0 Å². The lowest BCUT2D eigenvalue weighted by atomic mass is 9.96. The topological polar surface area (TPSA) is 49.3 Å². The number of nitrogens with one attached hydrogen (secondary N) is 1. The third kappa shape index (κ3) is 3.68. The molecular weight excluding hydrogens is 250 g/mol. The summed E-state index contributed by atoms with van der Waals surface area (Å²) in [5.41, 5.74) is 1.80. The Hall–Kier alpha value is -2.13. The fraction of sp³-hybridized carbons (Fsp3) is 0.235. The van der Waals surface area contributed by atoms with Gasteiger partial charge < -0.3 is 10.4 Å². The highest BCUT2D eigenvalue weighted by atomic mass is 16.3. The Balaban J connectivity index is 1.92. The van der Waals surface area contributed by atoms with Gasteiger partial charge in [-0.15, -0.1) is 0 Å². The van der Waals surface area contributed by atoms with Gasteiger partial charge in [0.2, 0.25) is 5.91 Å². The lowest BCUT2D eigenvalue weighted by Gasteiger charge is -2.18. The highest BCUT2D eigenvalue weighted by molar-refractivity contribution is 5.79. The molecule has 3 heteroatoms. The molecule has 2 N–H and O–H groups in total. The van der Waals surface area contributed by atoms with Crippen molar-refractivity contribution in [3.8, 4) is 0 Å². The van der Waals surface area contributed by atoms with Crippen LogP contribution in [-0.2, 0) is 11.3 Å². The molecule has 0 aliphatic rings. The quantitative estimate of drug-likeness (QED) is 0.876. The van der Waals surface area contributed by atoms with Gasteiger partial charge in [-0.1, -0.05) is 67.6 Å². The van der Waals surface area contributed by atoms with Gasteiger partial charge in [0.25, 0.3) is 0 Å². The van der Waals surface area contributed by atoms with E-state index >= 15 is 0 Å². The van der Waals surface area contributed by atoms with E-state index in [2.05, 4.69) is 5.32 Å². The maximum atomic E-state index is 12.1. The van der Waals surface area contributed by atoms with Gasteiger partial charge in [0, 0.05) is 6.54 Å². The zero-order valence-electron chi connectivity index (χ0n) is 11.5. The molecule has 0 saturated heterocycles. The van der Waals surface area contributed by atoms with E-state index in [1.54, 1.807) is 6.92 Å². The molecule has 2 rings (SSSR count). The number of hydrogen-bond donors (Lipinski definition) is 2. The number of benzene rings is 2. The van der Waals surface area contributed by atoms with E-state index in [4.69, 9.17) is 0 Å². The number of amides is 1. The van der Waals surface area contributed by atoms with Crippen molar-refractivity contribution >= 4 is 5.91 Å². The molecule has 0 heterocycles. The SMILES string of the molecule is C[C@@H](C(=O)NCc1ccccc1)[C@H](O)c1ccccc1. The summed E-state index contributed by atoms with van der Waals surface area (Å²) in [4.78, 5) is 12.1. The second-order valence-corrected chi connectivity index (χ2v) is 4.85. The van der Waals surface area contributed by atoms with Gasteiger partial charge in [0.15, 0.2) is 0 Å². The molecule has 0 saturated carbocycles. The van der Waals surface area contributed by atoms with Crippen molar-refractivity contribution in [3.63, 3.8) is 0 Å². The molecule has 20 heavy (non-hydrogen) atoms. The molecule has 104 valence electrons. The Kier molecular flexibility index (Phi) is 4.91. The summed E-state index contributed by atoms with van der Waals surface area (Å²) in [6.07, 6.45) is -0.785. The summed E-state index contributed by atoms with van der Waals surface area (Å²) in [5.74, 6) is -0.633. The van der Waals surface area contributed by atoms with Gasteiger partial charge in [-0.3, -0.25) is 4.79 Å². The lowest BCUT2D eigenvalue weighted by Crippen LogP contribution is -2.32. The van der Waals surface area contributed by atoms with Gasteiger partial charge in [-0.2, -0.15) is 0 Å². The van der Waals surface area contributed by atoms with Crippen LogP contribution < -0.4 is 5.32 Å². The molecule has 3 nitrogen and oxygen atoms in total. The first kappa shape index (κ1) is 14.3. The molecule has 0 unspecified atom stereocenters. The van der Waals surface area contributed by atoms with Crippen molar-refractivity contribution in [2.24, 2.45) is 5.92 Å². The predicted molar refractivity (Wildman–Crippen MR) is 78.9 cm³/mol. The fourth-order valence-electron chi connectivity index (χ4n) is 2.03. The second kappa shape index (κ2) is 6.87. The Morgan fingerprint density at radius 1 is 1.05 bits per heavy atom. The molecule has 2 aromatic carbocycles. The molecule has 1 amide bonds. The van der Waals surface area contributed by atoms with Gasteiger partial charge in [-0.25, -0.2) is 0 Å². The van der Waals surface area contributed by atoms with E-state index in [1.165, 1.54) is 0 Å². The fourth-order valence-corrected chi connectivity index (χ4v) is 2.03. The largest absolute Gasteiger partial charge is 0.388 e. The van der Waals surface area contributed by atoms with Crippen LogP contribution >= 0.6 is 0 Å².